The molecule has 2 N–H and O–H groups in total. The van der Waals surface area contributed by atoms with Crippen LogP contribution in [0.5, 0.6) is 0 Å². The molecule has 1 atom stereocenters. The molecule has 2 nitrogen and oxygen atoms in total. The molecule has 1 fully saturated rings. The summed E-state index contributed by atoms with van der Waals surface area (Å²) in [6, 6.07) is 0. The maximum Gasteiger partial charge on any atom is 0.0156 e. The Labute approximate surface area is 95.2 Å². The lowest BCUT2D eigenvalue weighted by molar-refractivity contribution is 0.165. The number of nitrogens with two attached hydrogens (primary N) is 1. The molecule has 0 aromatic heterocycles. The smallest absolute Gasteiger partial charge is 0.0156 e. The second-order valence-electron chi connectivity index (χ2n) is 6.09. The first-order valence-corrected chi connectivity index (χ1v) is 6.41. The zero-order chi connectivity index (χ0) is 11.5. The lowest BCUT2D eigenvalue weighted by Crippen LogP contribution is -2.39. The second-order valence-corrected chi connectivity index (χ2v) is 6.09. The predicted molar refractivity (Wildman–Crippen MR) is 66.9 cm³/mol. The Morgan fingerprint density at radius 2 is 2.07 bits per heavy atom. The summed E-state index contributed by atoms with van der Waals surface area (Å²) < 4.78 is 0. The van der Waals surface area contributed by atoms with Crippen LogP contribution in [-0.4, -0.2) is 30.1 Å². The summed E-state index contributed by atoms with van der Waals surface area (Å²) in [5.74, 6) is 1.64. The van der Waals surface area contributed by atoms with Crippen LogP contribution >= 0.6 is 0 Å². The van der Waals surface area contributed by atoms with Crippen LogP contribution < -0.4 is 5.73 Å². The monoisotopic (exact) mass is 212 g/mol. The lowest BCUT2D eigenvalue weighted by atomic mass is 9.94. The average Bonchev–Trinajstić information content (AvgIpc) is 2.37. The molecule has 1 heterocycles. The van der Waals surface area contributed by atoms with Crippen LogP contribution in [0, 0.1) is 11.8 Å². The first kappa shape index (κ1) is 13.0. The van der Waals surface area contributed by atoms with E-state index in [1.165, 1.54) is 32.4 Å². The van der Waals surface area contributed by atoms with Gasteiger partial charge in [-0.05, 0) is 58.0 Å². The molecule has 0 aromatic carbocycles. The van der Waals surface area contributed by atoms with E-state index < -0.39 is 0 Å². The van der Waals surface area contributed by atoms with E-state index in [-0.39, 0.29) is 0 Å². The fourth-order valence-electron chi connectivity index (χ4n) is 2.70. The van der Waals surface area contributed by atoms with Crippen molar-refractivity contribution in [2.45, 2.75) is 52.5 Å². The minimum absolute atomic E-state index is 0.398. The van der Waals surface area contributed by atoms with Crippen molar-refractivity contribution in [3.05, 3.63) is 0 Å². The molecule has 2 heteroatoms. The highest BCUT2D eigenvalue weighted by molar-refractivity contribution is 4.92. The average molecular weight is 212 g/mol. The fraction of sp³-hybridized carbons (Fsp3) is 1.00. The van der Waals surface area contributed by atoms with E-state index in [0.29, 0.717) is 5.54 Å². The van der Waals surface area contributed by atoms with E-state index in [0.717, 1.165) is 18.4 Å². The molecule has 0 aliphatic carbocycles. The standard InChI is InChI=1S/C13H28N2/c1-11(2)6-8-15-10-12(5-7-14)9-13(15,3)4/h11-12H,5-10,14H2,1-4H3. The first-order chi connectivity index (χ1) is 6.95. The number of nitrogens with zero attached hydrogens (tertiary/aromatic N) is 1. The van der Waals surface area contributed by atoms with Crippen LogP contribution in [-0.2, 0) is 0 Å². The third-order valence-corrected chi connectivity index (χ3v) is 3.67. The third-order valence-electron chi connectivity index (χ3n) is 3.67. The Kier molecular flexibility index (Phi) is 4.60. The zero-order valence-corrected chi connectivity index (χ0v) is 10.9. The number of hydrogen-bond donors (Lipinski definition) is 1. The van der Waals surface area contributed by atoms with Gasteiger partial charge < -0.3 is 5.73 Å². The maximum absolute atomic E-state index is 5.65. The van der Waals surface area contributed by atoms with Crippen molar-refractivity contribution < 1.29 is 0 Å². The Morgan fingerprint density at radius 3 is 2.60 bits per heavy atom. The zero-order valence-electron chi connectivity index (χ0n) is 10.9. The van der Waals surface area contributed by atoms with Gasteiger partial charge in [-0.25, -0.2) is 0 Å². The molecule has 0 spiro atoms. The van der Waals surface area contributed by atoms with Crippen molar-refractivity contribution in [1.82, 2.24) is 4.90 Å². The second kappa shape index (κ2) is 5.31. The highest BCUT2D eigenvalue weighted by Gasteiger charge is 2.37. The lowest BCUT2D eigenvalue weighted by Gasteiger charge is -2.31. The number of hydrogen-bond acceptors (Lipinski definition) is 2. The van der Waals surface area contributed by atoms with E-state index in [2.05, 4.69) is 32.6 Å². The molecular formula is C13H28N2. The summed E-state index contributed by atoms with van der Waals surface area (Å²) in [7, 11) is 0. The van der Waals surface area contributed by atoms with E-state index in [1.54, 1.807) is 0 Å². The molecule has 0 saturated carbocycles. The number of rotatable bonds is 5. The van der Waals surface area contributed by atoms with Gasteiger partial charge in [-0.1, -0.05) is 13.8 Å². The molecule has 15 heavy (non-hydrogen) atoms. The SMILES string of the molecule is CC(C)CCN1CC(CCN)CC1(C)C. The van der Waals surface area contributed by atoms with Crippen LogP contribution in [0.15, 0.2) is 0 Å². The molecule has 1 saturated heterocycles. The summed E-state index contributed by atoms with van der Waals surface area (Å²) in [5, 5.41) is 0. The van der Waals surface area contributed by atoms with Gasteiger partial charge in [-0.3, -0.25) is 4.90 Å². The summed E-state index contributed by atoms with van der Waals surface area (Å²) in [4.78, 5) is 2.66. The van der Waals surface area contributed by atoms with Crippen LogP contribution in [0.3, 0.4) is 0 Å². The highest BCUT2D eigenvalue weighted by Crippen LogP contribution is 2.34. The summed E-state index contributed by atoms with van der Waals surface area (Å²) in [5.41, 5.74) is 6.04. The molecule has 1 unspecified atom stereocenters. The normalized spacial score (nSPS) is 26.4. The molecule has 0 radical (unpaired) electrons. The van der Waals surface area contributed by atoms with E-state index in [1.807, 2.05) is 0 Å². The van der Waals surface area contributed by atoms with Gasteiger partial charge in [0.25, 0.3) is 0 Å². The van der Waals surface area contributed by atoms with Gasteiger partial charge in [-0.15, -0.1) is 0 Å². The summed E-state index contributed by atoms with van der Waals surface area (Å²) in [6.07, 6.45) is 3.84. The molecule has 0 amide bonds. The Bertz CT molecular complexity index is 187. The van der Waals surface area contributed by atoms with Crippen molar-refractivity contribution >= 4 is 0 Å². The highest BCUT2D eigenvalue weighted by atomic mass is 15.2. The van der Waals surface area contributed by atoms with Crippen molar-refractivity contribution in [2.75, 3.05) is 19.6 Å². The van der Waals surface area contributed by atoms with Gasteiger partial charge in [0.15, 0.2) is 0 Å². The van der Waals surface area contributed by atoms with Gasteiger partial charge in [0.2, 0.25) is 0 Å². The molecule has 0 bridgehead atoms. The van der Waals surface area contributed by atoms with Crippen molar-refractivity contribution in [3.63, 3.8) is 0 Å². The Morgan fingerprint density at radius 1 is 1.40 bits per heavy atom. The van der Waals surface area contributed by atoms with Gasteiger partial charge in [-0.2, -0.15) is 0 Å². The molecular weight excluding hydrogens is 184 g/mol. The van der Waals surface area contributed by atoms with Crippen molar-refractivity contribution in [2.24, 2.45) is 17.6 Å². The van der Waals surface area contributed by atoms with E-state index in [4.69, 9.17) is 5.73 Å². The van der Waals surface area contributed by atoms with Gasteiger partial charge >= 0.3 is 0 Å². The molecule has 1 aliphatic heterocycles. The minimum atomic E-state index is 0.398. The largest absolute Gasteiger partial charge is 0.330 e. The van der Waals surface area contributed by atoms with E-state index >= 15 is 0 Å². The summed E-state index contributed by atoms with van der Waals surface area (Å²) >= 11 is 0. The Balaban J connectivity index is 2.42. The predicted octanol–water partition coefficient (Wildman–Crippen LogP) is 2.48. The fourth-order valence-corrected chi connectivity index (χ4v) is 2.70. The van der Waals surface area contributed by atoms with Crippen LogP contribution in [0.1, 0.15) is 47.0 Å². The Hall–Kier alpha value is -0.0800. The topological polar surface area (TPSA) is 29.3 Å². The van der Waals surface area contributed by atoms with Gasteiger partial charge in [0.1, 0.15) is 0 Å². The molecule has 0 aromatic rings. The third kappa shape index (κ3) is 3.76. The summed E-state index contributed by atoms with van der Waals surface area (Å²) in [6.45, 7) is 12.7. The quantitative estimate of drug-likeness (QED) is 0.758. The van der Waals surface area contributed by atoms with Crippen LogP contribution in [0.4, 0.5) is 0 Å². The first-order valence-electron chi connectivity index (χ1n) is 6.41. The van der Waals surface area contributed by atoms with E-state index in [9.17, 15) is 0 Å². The molecule has 1 aliphatic rings. The maximum atomic E-state index is 5.65. The minimum Gasteiger partial charge on any atom is -0.330 e. The van der Waals surface area contributed by atoms with Crippen LogP contribution in [0.25, 0.3) is 0 Å². The van der Waals surface area contributed by atoms with Gasteiger partial charge in [0.05, 0.1) is 0 Å². The molecule has 1 rings (SSSR count). The van der Waals surface area contributed by atoms with Gasteiger partial charge in [0, 0.05) is 12.1 Å². The van der Waals surface area contributed by atoms with Crippen LogP contribution in [0.2, 0.25) is 0 Å². The van der Waals surface area contributed by atoms with Crippen molar-refractivity contribution in [1.29, 1.82) is 0 Å². The molecule has 90 valence electrons. The van der Waals surface area contributed by atoms with Crippen molar-refractivity contribution in [3.8, 4) is 0 Å². The number of likely N-dealkylation sites (tertiary alicyclic amines) is 1.